The molecule has 7 N–H and O–H groups in total. The molecule has 3 aromatic rings. The van der Waals surface area contributed by atoms with Gasteiger partial charge in [-0.1, -0.05) is 49.2 Å². The second-order valence-electron chi connectivity index (χ2n) is 14.8. The third-order valence-corrected chi connectivity index (χ3v) is 11.6. The maximum absolute atomic E-state index is 13.5. The maximum Gasteiger partial charge on any atom is 0.335 e. The summed E-state index contributed by atoms with van der Waals surface area (Å²) >= 11 is 0. The normalized spacial score (nSPS) is 30.5. The van der Waals surface area contributed by atoms with Gasteiger partial charge in [0.1, 0.15) is 35.4 Å². The van der Waals surface area contributed by atoms with Gasteiger partial charge in [-0.25, -0.2) is 4.79 Å². The van der Waals surface area contributed by atoms with Crippen LogP contribution < -0.4 is 4.74 Å². The molecule has 3 aromatic carbocycles. The molecule has 2 saturated heterocycles. The van der Waals surface area contributed by atoms with Crippen LogP contribution in [0.15, 0.2) is 48.5 Å². The number of phenols is 1. The highest BCUT2D eigenvalue weighted by atomic mass is 16.7. The first-order chi connectivity index (χ1) is 25.0. The van der Waals surface area contributed by atoms with Gasteiger partial charge in [0.2, 0.25) is 6.29 Å². The van der Waals surface area contributed by atoms with Gasteiger partial charge in [0.25, 0.3) is 0 Å². The molecule has 0 spiro atoms. The third kappa shape index (κ3) is 7.56. The first-order valence-electron chi connectivity index (χ1n) is 18.3. The predicted octanol–water partition coefficient (Wildman–Crippen LogP) is 3.76. The van der Waals surface area contributed by atoms with Crippen LogP contribution in [0.4, 0.5) is 0 Å². The van der Waals surface area contributed by atoms with E-state index >= 15 is 0 Å². The minimum absolute atomic E-state index is 0.00563. The Morgan fingerprint density at radius 1 is 1.00 bits per heavy atom. The highest BCUT2D eigenvalue weighted by Crippen LogP contribution is 2.47. The average Bonchev–Trinajstić information content (AvgIpc) is 3.13. The van der Waals surface area contributed by atoms with Crippen molar-refractivity contribution in [3.8, 4) is 11.5 Å². The molecule has 9 atom stereocenters. The molecule has 3 fully saturated rings. The topological polar surface area (TPSA) is 203 Å². The van der Waals surface area contributed by atoms with E-state index in [0.717, 1.165) is 30.9 Å². The van der Waals surface area contributed by atoms with Crippen molar-refractivity contribution in [1.82, 2.24) is 0 Å². The Labute approximate surface area is 302 Å². The summed E-state index contributed by atoms with van der Waals surface area (Å²) in [6, 6.07) is 13.5. The van der Waals surface area contributed by atoms with Gasteiger partial charge in [-0.3, -0.25) is 4.79 Å². The lowest BCUT2D eigenvalue weighted by Gasteiger charge is -2.50. The lowest BCUT2D eigenvalue weighted by molar-refractivity contribution is -0.315. The van der Waals surface area contributed by atoms with E-state index in [0.29, 0.717) is 44.0 Å². The molecular formula is C40H50O12. The molecule has 6 rings (SSSR count). The van der Waals surface area contributed by atoms with E-state index in [2.05, 4.69) is 0 Å². The quantitative estimate of drug-likeness (QED) is 0.126. The number of Topliss-reactive ketones (excluding diaryl/α,β-unsaturated/α-hetero) is 1. The number of fused-ring (bicyclic) bond motifs is 2. The number of aromatic hydroxyl groups is 1. The van der Waals surface area contributed by atoms with Gasteiger partial charge >= 0.3 is 5.97 Å². The lowest BCUT2D eigenvalue weighted by Crippen LogP contribution is -2.68. The fourth-order valence-corrected chi connectivity index (χ4v) is 9.00. The lowest BCUT2D eigenvalue weighted by atomic mass is 9.63. The first-order valence-corrected chi connectivity index (χ1v) is 18.3. The Bertz CT molecular complexity index is 1720. The number of aromatic carboxylic acids is 1. The second-order valence-corrected chi connectivity index (χ2v) is 14.8. The first kappa shape index (κ1) is 38.1. The number of carboxylic acids is 1. The van der Waals surface area contributed by atoms with E-state index in [1.807, 2.05) is 30.3 Å². The molecule has 2 heterocycles. The number of aliphatic hydroxyl groups excluding tert-OH is 4. The minimum Gasteiger partial charge on any atom is -0.506 e. The van der Waals surface area contributed by atoms with Crippen molar-refractivity contribution < 1.29 is 59.5 Å². The monoisotopic (exact) mass is 722 g/mol. The van der Waals surface area contributed by atoms with Gasteiger partial charge < -0.3 is 50.0 Å². The van der Waals surface area contributed by atoms with E-state index in [4.69, 9.17) is 14.2 Å². The summed E-state index contributed by atoms with van der Waals surface area (Å²) in [5, 5.41) is 76.5. The molecule has 1 aliphatic carbocycles. The van der Waals surface area contributed by atoms with Crippen LogP contribution in [0.2, 0.25) is 0 Å². The van der Waals surface area contributed by atoms with Gasteiger partial charge in [0.15, 0.2) is 5.78 Å². The zero-order valence-electron chi connectivity index (χ0n) is 29.4. The van der Waals surface area contributed by atoms with Gasteiger partial charge in [-0.05, 0) is 91.3 Å². The number of ketones is 1. The van der Waals surface area contributed by atoms with Gasteiger partial charge in [0, 0.05) is 26.2 Å². The maximum atomic E-state index is 13.5. The van der Waals surface area contributed by atoms with Crippen LogP contribution in [0.1, 0.15) is 76.8 Å². The Morgan fingerprint density at radius 2 is 1.77 bits per heavy atom. The van der Waals surface area contributed by atoms with E-state index < -0.39 is 48.5 Å². The summed E-state index contributed by atoms with van der Waals surface area (Å²) in [5.41, 5.74) is -0.842. The predicted molar refractivity (Wildman–Crippen MR) is 189 cm³/mol. The summed E-state index contributed by atoms with van der Waals surface area (Å²) in [4.78, 5) is 25.6. The van der Waals surface area contributed by atoms with Crippen molar-refractivity contribution in [2.24, 2.45) is 23.7 Å². The van der Waals surface area contributed by atoms with Crippen LogP contribution >= 0.6 is 0 Å². The Hall–Kier alpha value is -3.62. The third-order valence-electron chi connectivity index (χ3n) is 11.6. The summed E-state index contributed by atoms with van der Waals surface area (Å²) in [6.45, 7) is 2.17. The molecular weight excluding hydrogens is 672 g/mol. The van der Waals surface area contributed by atoms with E-state index in [1.165, 1.54) is 6.07 Å². The van der Waals surface area contributed by atoms with Crippen molar-refractivity contribution in [2.75, 3.05) is 26.4 Å². The van der Waals surface area contributed by atoms with Crippen molar-refractivity contribution in [3.05, 3.63) is 70.8 Å². The van der Waals surface area contributed by atoms with Gasteiger partial charge in [-0.15, -0.1) is 0 Å². The van der Waals surface area contributed by atoms with Crippen molar-refractivity contribution >= 4 is 22.5 Å². The number of carboxylic acid groups (broad SMARTS) is 1. The molecule has 1 saturated carbocycles. The Kier molecular flexibility index (Phi) is 11.9. The molecule has 0 amide bonds. The number of ether oxygens (including phenoxy) is 3. The molecule has 2 aliphatic heterocycles. The number of benzene rings is 3. The van der Waals surface area contributed by atoms with Crippen molar-refractivity contribution in [3.63, 3.8) is 0 Å². The Morgan fingerprint density at radius 3 is 2.48 bits per heavy atom. The molecule has 0 bridgehead atoms. The highest BCUT2D eigenvalue weighted by molar-refractivity contribution is 6.09. The molecule has 0 aromatic heterocycles. The number of aryl methyl sites for hydroxylation is 2. The number of aliphatic hydroxyl groups is 5. The number of hydrogen-bond acceptors (Lipinski definition) is 11. The fourth-order valence-electron chi connectivity index (χ4n) is 9.00. The van der Waals surface area contributed by atoms with Gasteiger partial charge in [-0.2, -0.15) is 0 Å². The second kappa shape index (κ2) is 16.2. The largest absolute Gasteiger partial charge is 0.506 e. The van der Waals surface area contributed by atoms with Crippen LogP contribution in [0.5, 0.6) is 11.5 Å². The van der Waals surface area contributed by atoms with Crippen molar-refractivity contribution in [1.29, 1.82) is 0 Å². The average molecular weight is 723 g/mol. The van der Waals surface area contributed by atoms with E-state index in [1.54, 1.807) is 13.0 Å². The SMILES string of the molecule is Cc1cc2cc(C(=O)O)cc(OC3OC(CO)C(O)(CCC4CCCC5COCC(CCO)C45)C(O)C3O)c2c(O)c1C(=O)CCc1ccccc1. The van der Waals surface area contributed by atoms with Crippen LogP contribution in [0, 0.1) is 30.6 Å². The van der Waals surface area contributed by atoms with E-state index in [9.17, 15) is 45.3 Å². The summed E-state index contributed by atoms with van der Waals surface area (Å²) in [5.74, 6) is -1.35. The van der Waals surface area contributed by atoms with Crippen LogP contribution in [-0.2, 0) is 15.9 Å². The molecule has 52 heavy (non-hydrogen) atoms. The van der Waals surface area contributed by atoms with Crippen molar-refractivity contribution in [2.45, 2.75) is 88.5 Å². The van der Waals surface area contributed by atoms with Crippen LogP contribution in [0.25, 0.3) is 10.8 Å². The number of phenolic OH excluding ortho intramolecular Hbond substituents is 1. The summed E-state index contributed by atoms with van der Waals surface area (Å²) < 4.78 is 17.8. The molecule has 3 aliphatic rings. The van der Waals surface area contributed by atoms with E-state index in [-0.39, 0.29) is 70.6 Å². The number of rotatable bonds is 13. The molecule has 0 radical (unpaired) electrons. The van der Waals surface area contributed by atoms with Crippen LogP contribution in [-0.4, -0.2) is 104 Å². The molecule has 12 nitrogen and oxygen atoms in total. The summed E-state index contributed by atoms with van der Waals surface area (Å²) in [7, 11) is 0. The molecule has 9 unspecified atom stereocenters. The fraction of sp³-hybridized carbons (Fsp3) is 0.550. The summed E-state index contributed by atoms with van der Waals surface area (Å²) in [6.07, 6.45) is -2.22. The molecule has 282 valence electrons. The number of carbonyl (C=O) groups is 2. The van der Waals surface area contributed by atoms with Crippen LogP contribution in [0.3, 0.4) is 0 Å². The molecule has 12 heteroatoms. The minimum atomic E-state index is -2.05. The zero-order chi connectivity index (χ0) is 37.2. The standard InChI is InChI=1S/C40H50O12/c1-22-16-27-17-28(38(47)48)18-30(34(27)35(44)32(22)29(43)11-10-23-6-3-2-4-7-23)51-39-36(45)37(46)40(49,31(19-42)52-39)14-12-24-8-5-9-25-20-50-21-26(13-15-41)33(24)25/h2-4,6-7,16-18,24-26,31,33,36-37,39,41-42,44-46,49H,5,8-15,19-21H2,1H3,(H,47,48). The smallest absolute Gasteiger partial charge is 0.335 e. The number of carbonyl (C=O) groups excluding carboxylic acids is 1. The van der Waals surface area contributed by atoms with Gasteiger partial charge in [0.05, 0.1) is 23.1 Å². The number of hydrogen-bond donors (Lipinski definition) is 7. The zero-order valence-corrected chi connectivity index (χ0v) is 29.4. The Balaban J connectivity index is 1.25. The highest BCUT2D eigenvalue weighted by Gasteiger charge is 2.56.